The summed E-state index contributed by atoms with van der Waals surface area (Å²) in [5, 5.41) is 10.4. The first-order valence-electron chi connectivity index (χ1n) is 10.9. The summed E-state index contributed by atoms with van der Waals surface area (Å²) >= 11 is 3.43. The van der Waals surface area contributed by atoms with E-state index >= 15 is 0 Å². The first-order valence-corrected chi connectivity index (χ1v) is 11.7. The van der Waals surface area contributed by atoms with Crippen molar-refractivity contribution in [2.24, 2.45) is 0 Å². The lowest BCUT2D eigenvalue weighted by Gasteiger charge is -2.31. The largest absolute Gasteiger partial charge is 0.490 e. The van der Waals surface area contributed by atoms with Crippen molar-refractivity contribution in [2.45, 2.75) is 19.0 Å². The fourth-order valence-corrected chi connectivity index (χ4v) is 3.82. The number of alkyl halides is 3. The molecule has 7 nitrogen and oxygen atoms in total. The van der Waals surface area contributed by atoms with Gasteiger partial charge in [0.2, 0.25) is 5.91 Å². The maximum absolute atomic E-state index is 13.2. The van der Waals surface area contributed by atoms with E-state index in [1.54, 1.807) is 17.0 Å². The molecular weight excluding hydrogens is 531 g/mol. The minimum atomic E-state index is -5.08. The lowest BCUT2D eigenvalue weighted by Crippen LogP contribution is -2.50. The predicted octanol–water partition coefficient (Wildman–Crippen LogP) is 3.76. The fraction of sp³-hybridized carbons (Fsp3) is 0.375. The highest BCUT2D eigenvalue weighted by molar-refractivity contribution is 9.10. The van der Waals surface area contributed by atoms with Crippen LogP contribution in [0.15, 0.2) is 59.1 Å². The molecule has 35 heavy (non-hydrogen) atoms. The zero-order chi connectivity index (χ0) is 26.0. The molecule has 1 atom stereocenters. The van der Waals surface area contributed by atoms with Crippen LogP contribution in [0.1, 0.15) is 28.8 Å². The number of carbonyl (C=O) groups is 3. The molecule has 1 aliphatic heterocycles. The van der Waals surface area contributed by atoms with Crippen LogP contribution in [-0.4, -0.2) is 78.1 Å². The quantitative estimate of drug-likeness (QED) is 0.564. The molecule has 1 saturated heterocycles. The Kier molecular flexibility index (Phi) is 10.7. The SMILES string of the molecule is CC(CN(CC(=O)N1CCNCC1)C(=O)c1cccc(Br)c1)c1ccccc1.O=C(O)C(F)(F)F. The number of nitrogens with one attached hydrogen (secondary N) is 1. The Morgan fingerprint density at radius 1 is 1.09 bits per heavy atom. The zero-order valence-corrected chi connectivity index (χ0v) is 20.7. The Bertz CT molecular complexity index is 999. The molecule has 0 aliphatic carbocycles. The van der Waals surface area contributed by atoms with E-state index in [1.807, 2.05) is 35.2 Å². The molecule has 2 aromatic carbocycles. The number of piperazine rings is 1. The van der Waals surface area contributed by atoms with Crippen molar-refractivity contribution in [3.63, 3.8) is 0 Å². The summed E-state index contributed by atoms with van der Waals surface area (Å²) in [6, 6.07) is 17.4. The van der Waals surface area contributed by atoms with Gasteiger partial charge in [0.05, 0.1) is 0 Å². The van der Waals surface area contributed by atoms with E-state index in [-0.39, 0.29) is 24.3 Å². The number of aliphatic carboxylic acids is 1. The first-order chi connectivity index (χ1) is 16.5. The summed E-state index contributed by atoms with van der Waals surface area (Å²) in [5.74, 6) is -2.74. The maximum Gasteiger partial charge on any atom is 0.490 e. The van der Waals surface area contributed by atoms with Gasteiger partial charge >= 0.3 is 12.1 Å². The van der Waals surface area contributed by atoms with Crippen LogP contribution in [0.5, 0.6) is 0 Å². The molecule has 0 aromatic heterocycles. The van der Waals surface area contributed by atoms with Crippen LogP contribution in [0.4, 0.5) is 13.2 Å². The third-order valence-corrected chi connectivity index (χ3v) is 5.75. The molecule has 0 radical (unpaired) electrons. The monoisotopic (exact) mass is 557 g/mol. The minimum absolute atomic E-state index is 0.00473. The topological polar surface area (TPSA) is 90.0 Å². The summed E-state index contributed by atoms with van der Waals surface area (Å²) in [7, 11) is 0. The molecule has 3 rings (SSSR count). The zero-order valence-electron chi connectivity index (χ0n) is 19.1. The standard InChI is InChI=1S/C22H26BrN3O2.C2HF3O2/c1-17(18-6-3-2-4-7-18)15-26(16-21(27)25-12-10-24-11-13-25)22(28)19-8-5-9-20(23)14-19;3-2(4,5)1(6)7/h2-9,14,17,24H,10-13,15-16H2,1H3;(H,6,7). The number of hydrogen-bond acceptors (Lipinski definition) is 4. The highest BCUT2D eigenvalue weighted by Gasteiger charge is 2.38. The molecule has 2 amide bonds. The van der Waals surface area contributed by atoms with Gasteiger partial charge in [-0.05, 0) is 29.7 Å². The van der Waals surface area contributed by atoms with E-state index in [1.165, 1.54) is 0 Å². The van der Waals surface area contributed by atoms with Gasteiger partial charge in [0.15, 0.2) is 0 Å². The van der Waals surface area contributed by atoms with Crippen molar-refractivity contribution in [3.05, 3.63) is 70.2 Å². The van der Waals surface area contributed by atoms with E-state index < -0.39 is 12.1 Å². The molecule has 1 fully saturated rings. The predicted molar refractivity (Wildman–Crippen MR) is 128 cm³/mol. The third kappa shape index (κ3) is 9.33. The lowest BCUT2D eigenvalue weighted by atomic mass is 10.0. The summed E-state index contributed by atoms with van der Waals surface area (Å²) in [6.07, 6.45) is -5.08. The molecule has 0 spiro atoms. The number of amides is 2. The van der Waals surface area contributed by atoms with Crippen LogP contribution in [0.3, 0.4) is 0 Å². The lowest BCUT2D eigenvalue weighted by molar-refractivity contribution is -0.192. The number of carbonyl (C=O) groups excluding carboxylic acids is 2. The maximum atomic E-state index is 13.2. The second kappa shape index (κ2) is 13.2. The fourth-order valence-electron chi connectivity index (χ4n) is 3.42. The van der Waals surface area contributed by atoms with E-state index in [9.17, 15) is 22.8 Å². The van der Waals surface area contributed by atoms with Gasteiger partial charge in [-0.15, -0.1) is 0 Å². The van der Waals surface area contributed by atoms with Crippen molar-refractivity contribution >= 4 is 33.7 Å². The average Bonchev–Trinajstić information content (AvgIpc) is 2.84. The molecule has 190 valence electrons. The van der Waals surface area contributed by atoms with Crippen LogP contribution in [0.25, 0.3) is 0 Å². The average molecular weight is 558 g/mol. The highest BCUT2D eigenvalue weighted by atomic mass is 79.9. The number of carboxylic acids is 1. The van der Waals surface area contributed by atoms with E-state index in [2.05, 4.69) is 40.3 Å². The summed E-state index contributed by atoms with van der Waals surface area (Å²) in [5.41, 5.74) is 1.74. The number of halogens is 4. The first kappa shape index (κ1) is 28.3. The Labute approximate surface area is 210 Å². The van der Waals surface area contributed by atoms with Crippen molar-refractivity contribution in [1.82, 2.24) is 15.1 Å². The molecule has 11 heteroatoms. The van der Waals surface area contributed by atoms with Crippen molar-refractivity contribution in [3.8, 4) is 0 Å². The number of nitrogens with zero attached hydrogens (tertiary/aromatic N) is 2. The summed E-state index contributed by atoms with van der Waals surface area (Å²) < 4.78 is 32.6. The normalized spacial score (nSPS) is 14.4. The summed E-state index contributed by atoms with van der Waals surface area (Å²) in [6.45, 7) is 5.65. The van der Waals surface area contributed by atoms with Gasteiger partial charge in [-0.3, -0.25) is 9.59 Å². The Morgan fingerprint density at radius 3 is 2.23 bits per heavy atom. The van der Waals surface area contributed by atoms with Gasteiger partial charge in [-0.25, -0.2) is 4.79 Å². The van der Waals surface area contributed by atoms with Gasteiger partial charge in [-0.1, -0.05) is 59.3 Å². The Balaban J connectivity index is 0.000000540. The van der Waals surface area contributed by atoms with Crippen LogP contribution in [0, 0.1) is 0 Å². The second-order valence-electron chi connectivity index (χ2n) is 7.94. The van der Waals surface area contributed by atoms with Crippen molar-refractivity contribution in [2.75, 3.05) is 39.3 Å². The van der Waals surface area contributed by atoms with Gasteiger partial charge in [0.1, 0.15) is 6.54 Å². The van der Waals surface area contributed by atoms with Crippen molar-refractivity contribution in [1.29, 1.82) is 0 Å². The smallest absolute Gasteiger partial charge is 0.475 e. The van der Waals surface area contributed by atoms with E-state index in [4.69, 9.17) is 9.90 Å². The molecule has 2 aromatic rings. The van der Waals surface area contributed by atoms with Gasteiger partial charge < -0.3 is 20.2 Å². The number of benzene rings is 2. The van der Waals surface area contributed by atoms with Crippen LogP contribution in [0.2, 0.25) is 0 Å². The molecule has 1 heterocycles. The number of rotatable bonds is 6. The second-order valence-corrected chi connectivity index (χ2v) is 8.86. The molecule has 0 bridgehead atoms. The van der Waals surface area contributed by atoms with E-state index in [0.717, 1.165) is 23.1 Å². The molecule has 2 N–H and O–H groups in total. The van der Waals surface area contributed by atoms with Gasteiger partial charge in [0, 0.05) is 42.8 Å². The molecule has 0 saturated carbocycles. The minimum Gasteiger partial charge on any atom is -0.475 e. The number of hydrogen-bond donors (Lipinski definition) is 2. The summed E-state index contributed by atoms with van der Waals surface area (Å²) in [4.78, 5) is 38.4. The Morgan fingerprint density at radius 2 is 1.69 bits per heavy atom. The third-order valence-electron chi connectivity index (χ3n) is 5.26. The molecule has 1 unspecified atom stereocenters. The van der Waals surface area contributed by atoms with Crippen LogP contribution >= 0.6 is 15.9 Å². The molecular formula is C24H27BrF3N3O4. The van der Waals surface area contributed by atoms with Gasteiger partial charge in [0.25, 0.3) is 5.91 Å². The van der Waals surface area contributed by atoms with Crippen LogP contribution in [-0.2, 0) is 9.59 Å². The van der Waals surface area contributed by atoms with Crippen LogP contribution < -0.4 is 5.32 Å². The Hall–Kier alpha value is -2.92. The number of carboxylic acid groups (broad SMARTS) is 1. The molecule has 1 aliphatic rings. The van der Waals surface area contributed by atoms with E-state index in [0.29, 0.717) is 25.2 Å². The highest BCUT2D eigenvalue weighted by Crippen LogP contribution is 2.19. The van der Waals surface area contributed by atoms with Crippen molar-refractivity contribution < 1.29 is 32.7 Å². The van der Waals surface area contributed by atoms with Gasteiger partial charge in [-0.2, -0.15) is 13.2 Å².